The van der Waals surface area contributed by atoms with Gasteiger partial charge in [-0.25, -0.2) is 4.79 Å². The third-order valence-corrected chi connectivity index (χ3v) is 8.53. The van der Waals surface area contributed by atoms with Gasteiger partial charge in [-0.15, -0.1) is 0 Å². The molecule has 0 radical (unpaired) electrons. The summed E-state index contributed by atoms with van der Waals surface area (Å²) < 4.78 is 5.80. The molecule has 0 aromatic heterocycles. The molecule has 3 aromatic rings. The van der Waals surface area contributed by atoms with E-state index >= 15 is 0 Å². The molecule has 0 N–H and O–H groups in total. The molecule has 2 fully saturated rings. The fraction of sp³-hybridized carbons (Fsp3) is 0.394. The van der Waals surface area contributed by atoms with Crippen molar-refractivity contribution in [1.29, 1.82) is 0 Å². The van der Waals surface area contributed by atoms with Crippen LogP contribution in [0.15, 0.2) is 66.7 Å². The van der Waals surface area contributed by atoms with Crippen LogP contribution in [-0.2, 0) is 11.2 Å². The van der Waals surface area contributed by atoms with Crippen molar-refractivity contribution in [2.24, 2.45) is 0 Å². The summed E-state index contributed by atoms with van der Waals surface area (Å²) in [6, 6.07) is 21.9. The minimum Gasteiger partial charge on any atom is -0.459 e. The number of ether oxygens (including phenoxy) is 1. The molecule has 0 unspecified atom stereocenters. The van der Waals surface area contributed by atoms with Crippen LogP contribution >= 0.6 is 23.2 Å². The number of carbonyl (C=O) groups excluding carboxylic acids is 2. The van der Waals surface area contributed by atoms with Crippen LogP contribution < -0.4 is 0 Å². The molecule has 5 rings (SSSR count). The van der Waals surface area contributed by atoms with Crippen molar-refractivity contribution in [3.8, 4) is 0 Å². The Morgan fingerprint density at radius 3 is 2.12 bits per heavy atom. The first-order valence-electron chi connectivity index (χ1n) is 14.1. The molecule has 40 heavy (non-hydrogen) atoms. The molecule has 0 bridgehead atoms. The highest BCUT2D eigenvalue weighted by Gasteiger charge is 2.36. The number of rotatable bonds is 6. The monoisotopic (exact) mass is 578 g/mol. The third kappa shape index (κ3) is 7.06. The summed E-state index contributed by atoms with van der Waals surface area (Å²) >= 11 is 12.1. The van der Waals surface area contributed by atoms with Gasteiger partial charge in [0.2, 0.25) is 0 Å². The maximum Gasteiger partial charge on any atom is 0.338 e. The van der Waals surface area contributed by atoms with E-state index in [1.807, 2.05) is 32.0 Å². The molecule has 2 aliphatic rings. The number of nitrogens with zero attached hydrogens (tertiary/aromatic N) is 2. The normalized spacial score (nSPS) is 20.4. The minimum absolute atomic E-state index is 0.123. The van der Waals surface area contributed by atoms with Gasteiger partial charge in [-0.1, -0.05) is 70.7 Å². The van der Waals surface area contributed by atoms with Gasteiger partial charge < -0.3 is 9.64 Å². The number of hydrogen-bond donors (Lipinski definition) is 0. The number of hydrogen-bond acceptors (Lipinski definition) is 4. The Kier molecular flexibility index (Phi) is 9.14. The van der Waals surface area contributed by atoms with Gasteiger partial charge in [0.1, 0.15) is 6.10 Å². The van der Waals surface area contributed by atoms with Gasteiger partial charge in [-0.3, -0.25) is 9.69 Å². The average molecular weight is 580 g/mol. The van der Waals surface area contributed by atoms with Gasteiger partial charge in [-0.2, -0.15) is 0 Å². The second-order valence-corrected chi connectivity index (χ2v) is 12.1. The first-order chi connectivity index (χ1) is 19.2. The van der Waals surface area contributed by atoms with E-state index in [-0.39, 0.29) is 24.0 Å². The highest BCUT2D eigenvalue weighted by atomic mass is 35.5. The largest absolute Gasteiger partial charge is 0.459 e. The molecule has 7 heteroatoms. The summed E-state index contributed by atoms with van der Waals surface area (Å²) in [5.74, 6) is -0.262. The van der Waals surface area contributed by atoms with Crippen LogP contribution in [0.5, 0.6) is 0 Å². The summed E-state index contributed by atoms with van der Waals surface area (Å²) in [5.41, 5.74) is 4.63. The lowest BCUT2D eigenvalue weighted by Gasteiger charge is -2.45. The molecule has 3 aromatic carbocycles. The molecule has 5 nitrogen and oxygen atoms in total. The number of benzene rings is 3. The Hall–Kier alpha value is -2.86. The zero-order chi connectivity index (χ0) is 28.2. The lowest BCUT2D eigenvalue weighted by Crippen LogP contribution is -2.54. The highest BCUT2D eigenvalue weighted by molar-refractivity contribution is 6.35. The summed E-state index contributed by atoms with van der Waals surface area (Å²) in [6.07, 6.45) is 4.14. The molecule has 2 saturated heterocycles. The Labute approximate surface area is 247 Å². The molecule has 210 valence electrons. The summed E-state index contributed by atoms with van der Waals surface area (Å²) in [5, 5.41) is 0.836. The van der Waals surface area contributed by atoms with Crippen LogP contribution in [0.2, 0.25) is 10.0 Å². The van der Waals surface area contributed by atoms with Crippen LogP contribution in [0.3, 0.4) is 0 Å². The molecule has 2 heterocycles. The molecule has 2 atom stereocenters. The topological polar surface area (TPSA) is 49.9 Å². The van der Waals surface area contributed by atoms with Crippen LogP contribution in [0.4, 0.5) is 0 Å². The highest BCUT2D eigenvalue weighted by Crippen LogP contribution is 2.29. The molecule has 0 spiro atoms. The van der Waals surface area contributed by atoms with Crippen molar-refractivity contribution >= 4 is 35.1 Å². The lowest BCUT2D eigenvalue weighted by atomic mass is 9.89. The van der Waals surface area contributed by atoms with Crippen molar-refractivity contribution < 1.29 is 14.3 Å². The molecular formula is C33H36Cl2N2O3. The molecule has 1 amide bonds. The zero-order valence-electron chi connectivity index (χ0n) is 23.1. The van der Waals surface area contributed by atoms with Gasteiger partial charge in [0.15, 0.2) is 0 Å². The molecule has 0 saturated carbocycles. The van der Waals surface area contributed by atoms with Crippen LogP contribution in [0.25, 0.3) is 0 Å². The van der Waals surface area contributed by atoms with E-state index in [2.05, 4.69) is 40.1 Å². The lowest BCUT2D eigenvalue weighted by molar-refractivity contribution is -0.00380. The fourth-order valence-electron chi connectivity index (χ4n) is 6.22. The van der Waals surface area contributed by atoms with Crippen molar-refractivity contribution in [3.63, 3.8) is 0 Å². The summed E-state index contributed by atoms with van der Waals surface area (Å²) in [7, 11) is 0. The first-order valence-corrected chi connectivity index (χ1v) is 14.8. The average Bonchev–Trinajstić information content (AvgIpc) is 2.92. The third-order valence-electron chi connectivity index (χ3n) is 8.10. The second-order valence-electron chi connectivity index (χ2n) is 11.2. The Balaban J connectivity index is 1.23. The molecule has 0 aliphatic carbocycles. The predicted molar refractivity (Wildman–Crippen MR) is 160 cm³/mol. The quantitative estimate of drug-likeness (QED) is 0.291. The van der Waals surface area contributed by atoms with E-state index in [9.17, 15) is 9.59 Å². The van der Waals surface area contributed by atoms with Gasteiger partial charge in [0, 0.05) is 47.3 Å². The van der Waals surface area contributed by atoms with Crippen molar-refractivity contribution in [3.05, 3.63) is 105 Å². The van der Waals surface area contributed by atoms with E-state index in [1.165, 1.54) is 5.56 Å². The number of amides is 1. The maximum absolute atomic E-state index is 13.7. The zero-order valence-corrected chi connectivity index (χ0v) is 24.6. The summed E-state index contributed by atoms with van der Waals surface area (Å²) in [6.45, 7) is 6.55. The number of piperidine rings is 2. The smallest absolute Gasteiger partial charge is 0.338 e. The van der Waals surface area contributed by atoms with Crippen LogP contribution in [0.1, 0.15) is 63.1 Å². The minimum atomic E-state index is -0.385. The van der Waals surface area contributed by atoms with Crippen molar-refractivity contribution in [2.45, 2.75) is 64.1 Å². The number of carbonyl (C=O) groups is 2. The van der Waals surface area contributed by atoms with Crippen molar-refractivity contribution in [2.75, 3.05) is 19.6 Å². The standard InChI is InChI=1S/C33H36Cl2N2O3/c1-22-14-23(2)16-25(15-22)32(38)37-13-8-29(21-30(37)17-24-6-4-3-5-7-24)36-11-9-31(10-12-36)40-33(39)26-18-27(34)20-28(35)19-26/h3-7,14-16,18-20,29-31H,8-13,17,21H2,1-2H3/t29-,30+/m1/s1. The van der Waals surface area contributed by atoms with E-state index in [0.29, 0.717) is 21.7 Å². The SMILES string of the molecule is Cc1cc(C)cc(C(=O)N2CC[C@@H](N3CCC(OC(=O)c4cc(Cl)cc(Cl)c4)CC3)C[C@@H]2Cc2ccccc2)c1. The number of likely N-dealkylation sites (tertiary alicyclic amines) is 2. The van der Waals surface area contributed by atoms with E-state index < -0.39 is 0 Å². The van der Waals surface area contributed by atoms with Crippen LogP contribution in [-0.4, -0.2) is 59.5 Å². The number of esters is 1. The number of halogens is 2. The van der Waals surface area contributed by atoms with Gasteiger partial charge in [0.05, 0.1) is 5.56 Å². The Bertz CT molecular complexity index is 1310. The van der Waals surface area contributed by atoms with E-state index in [4.69, 9.17) is 27.9 Å². The predicted octanol–water partition coefficient (Wildman–Crippen LogP) is 7.15. The number of aryl methyl sites for hydroxylation is 2. The first kappa shape index (κ1) is 28.7. The van der Waals surface area contributed by atoms with Gasteiger partial charge in [-0.05, 0) is 81.8 Å². The fourth-order valence-corrected chi connectivity index (χ4v) is 6.75. The van der Waals surface area contributed by atoms with Gasteiger partial charge in [0.25, 0.3) is 5.91 Å². The second kappa shape index (κ2) is 12.8. The Morgan fingerprint density at radius 1 is 0.825 bits per heavy atom. The van der Waals surface area contributed by atoms with Crippen LogP contribution in [0, 0.1) is 13.8 Å². The summed E-state index contributed by atoms with van der Waals surface area (Å²) in [4.78, 5) is 31.0. The molecular weight excluding hydrogens is 543 g/mol. The van der Waals surface area contributed by atoms with Crippen molar-refractivity contribution in [1.82, 2.24) is 9.80 Å². The molecule has 2 aliphatic heterocycles. The van der Waals surface area contributed by atoms with E-state index in [1.54, 1.807) is 18.2 Å². The van der Waals surface area contributed by atoms with Gasteiger partial charge >= 0.3 is 5.97 Å². The maximum atomic E-state index is 13.7. The van der Waals surface area contributed by atoms with E-state index in [0.717, 1.165) is 68.4 Å². The Morgan fingerprint density at radius 2 is 1.48 bits per heavy atom.